The van der Waals surface area contributed by atoms with Gasteiger partial charge in [0.15, 0.2) is 0 Å². The molecule has 0 aliphatic heterocycles. The molecule has 0 aliphatic rings. The van der Waals surface area contributed by atoms with E-state index < -0.39 is 23.6 Å². The summed E-state index contributed by atoms with van der Waals surface area (Å²) in [4.78, 5) is 10.3. The number of hydrogen-bond donors (Lipinski definition) is 1. The Morgan fingerprint density at radius 2 is 1.78 bits per heavy atom. The number of carbonyl (C=O) groups is 1. The maximum atomic E-state index is 13.0. The SMILES string of the molecule is O=C(O)CCc1cccc(C(F)(F)C(F)(F)F)c1. The van der Waals surface area contributed by atoms with Crippen molar-refractivity contribution in [3.63, 3.8) is 0 Å². The first-order valence-corrected chi connectivity index (χ1v) is 4.90. The summed E-state index contributed by atoms with van der Waals surface area (Å²) in [7, 11) is 0. The van der Waals surface area contributed by atoms with E-state index in [1.165, 1.54) is 6.07 Å². The van der Waals surface area contributed by atoms with E-state index in [0.29, 0.717) is 12.1 Å². The van der Waals surface area contributed by atoms with Crippen LogP contribution in [0.4, 0.5) is 22.0 Å². The Morgan fingerprint density at radius 1 is 1.17 bits per heavy atom. The molecule has 0 saturated heterocycles. The number of carboxylic acid groups (broad SMARTS) is 1. The number of halogens is 5. The molecule has 0 amide bonds. The number of hydrogen-bond acceptors (Lipinski definition) is 1. The Morgan fingerprint density at radius 3 is 2.28 bits per heavy atom. The number of carboxylic acids is 1. The third-order valence-corrected chi connectivity index (χ3v) is 2.27. The van der Waals surface area contributed by atoms with Crippen LogP contribution in [0.15, 0.2) is 24.3 Å². The quantitative estimate of drug-likeness (QED) is 0.850. The van der Waals surface area contributed by atoms with Crippen molar-refractivity contribution in [1.82, 2.24) is 0 Å². The number of aryl methyl sites for hydroxylation is 1. The van der Waals surface area contributed by atoms with Crippen molar-refractivity contribution in [2.75, 3.05) is 0 Å². The molecule has 0 atom stereocenters. The predicted molar refractivity (Wildman–Crippen MR) is 52.3 cm³/mol. The number of aliphatic carboxylic acids is 1. The minimum atomic E-state index is -5.67. The fourth-order valence-electron chi connectivity index (χ4n) is 1.34. The molecule has 0 bridgehead atoms. The van der Waals surface area contributed by atoms with Crippen LogP contribution in [0, 0.1) is 0 Å². The Hall–Kier alpha value is -1.66. The van der Waals surface area contributed by atoms with Crippen molar-refractivity contribution in [1.29, 1.82) is 0 Å². The summed E-state index contributed by atoms with van der Waals surface area (Å²) in [5.74, 6) is -6.09. The third kappa shape index (κ3) is 3.18. The molecular weight excluding hydrogens is 259 g/mol. The van der Waals surface area contributed by atoms with E-state index in [0.717, 1.165) is 6.07 Å². The topological polar surface area (TPSA) is 37.3 Å². The fraction of sp³-hybridized carbons (Fsp3) is 0.364. The molecular formula is C11H9F5O2. The summed E-state index contributed by atoms with van der Waals surface area (Å²) in [6.45, 7) is 0. The Labute approximate surface area is 99.0 Å². The molecule has 0 saturated carbocycles. The van der Waals surface area contributed by atoms with Gasteiger partial charge in [-0.3, -0.25) is 4.79 Å². The maximum Gasteiger partial charge on any atom is 0.458 e. The van der Waals surface area contributed by atoms with Crippen LogP contribution in [-0.4, -0.2) is 17.3 Å². The van der Waals surface area contributed by atoms with Crippen molar-refractivity contribution in [2.24, 2.45) is 0 Å². The minimum absolute atomic E-state index is 0.100. The first-order valence-electron chi connectivity index (χ1n) is 4.90. The van der Waals surface area contributed by atoms with Crippen molar-refractivity contribution in [2.45, 2.75) is 24.9 Å². The fourth-order valence-corrected chi connectivity index (χ4v) is 1.34. The molecule has 2 nitrogen and oxygen atoms in total. The van der Waals surface area contributed by atoms with Gasteiger partial charge in [-0.15, -0.1) is 0 Å². The average molecular weight is 268 g/mol. The van der Waals surface area contributed by atoms with Crippen LogP contribution in [0.3, 0.4) is 0 Å². The molecule has 1 aromatic carbocycles. The molecule has 0 spiro atoms. The van der Waals surface area contributed by atoms with Crippen LogP contribution in [0.5, 0.6) is 0 Å². The zero-order valence-corrected chi connectivity index (χ0v) is 8.97. The molecule has 1 N–H and O–H groups in total. The summed E-state index contributed by atoms with van der Waals surface area (Å²) < 4.78 is 62.4. The van der Waals surface area contributed by atoms with Crippen LogP contribution >= 0.6 is 0 Å². The Bertz CT molecular complexity index is 439. The van der Waals surface area contributed by atoms with Gasteiger partial charge in [0.05, 0.1) is 0 Å². The van der Waals surface area contributed by atoms with E-state index in [1.54, 1.807) is 0 Å². The molecule has 18 heavy (non-hydrogen) atoms. The standard InChI is InChI=1S/C11H9F5O2/c12-10(13,11(14,15)16)8-3-1-2-7(6-8)4-5-9(17)18/h1-3,6H,4-5H2,(H,17,18). The van der Waals surface area contributed by atoms with E-state index >= 15 is 0 Å². The van der Waals surface area contributed by atoms with Gasteiger partial charge in [0.25, 0.3) is 0 Å². The number of alkyl halides is 5. The zero-order chi connectivity index (χ0) is 14.0. The van der Waals surface area contributed by atoms with E-state index in [4.69, 9.17) is 5.11 Å². The van der Waals surface area contributed by atoms with Crippen LogP contribution in [0.1, 0.15) is 17.5 Å². The van der Waals surface area contributed by atoms with E-state index in [2.05, 4.69) is 0 Å². The first-order chi connectivity index (χ1) is 8.14. The lowest BCUT2D eigenvalue weighted by Gasteiger charge is -2.20. The minimum Gasteiger partial charge on any atom is -0.481 e. The monoisotopic (exact) mass is 268 g/mol. The summed E-state index contributed by atoms with van der Waals surface area (Å²) in [6.07, 6.45) is -6.10. The highest BCUT2D eigenvalue weighted by atomic mass is 19.4. The maximum absolute atomic E-state index is 13.0. The molecule has 0 fully saturated rings. The van der Waals surface area contributed by atoms with Gasteiger partial charge in [0, 0.05) is 12.0 Å². The molecule has 0 radical (unpaired) electrons. The number of rotatable bonds is 4. The lowest BCUT2D eigenvalue weighted by Crippen LogP contribution is -2.33. The largest absolute Gasteiger partial charge is 0.481 e. The number of benzene rings is 1. The van der Waals surface area contributed by atoms with E-state index in [-0.39, 0.29) is 18.4 Å². The van der Waals surface area contributed by atoms with Crippen LogP contribution < -0.4 is 0 Å². The zero-order valence-electron chi connectivity index (χ0n) is 8.97. The smallest absolute Gasteiger partial charge is 0.458 e. The van der Waals surface area contributed by atoms with Crippen molar-refractivity contribution >= 4 is 5.97 Å². The molecule has 1 aromatic rings. The highest BCUT2D eigenvalue weighted by molar-refractivity contribution is 5.67. The molecule has 1 rings (SSSR count). The third-order valence-electron chi connectivity index (χ3n) is 2.27. The highest BCUT2D eigenvalue weighted by Crippen LogP contribution is 2.43. The van der Waals surface area contributed by atoms with Gasteiger partial charge in [-0.25, -0.2) is 0 Å². The lowest BCUT2D eigenvalue weighted by atomic mass is 10.0. The summed E-state index contributed by atoms with van der Waals surface area (Å²) in [5.41, 5.74) is -1.06. The predicted octanol–water partition coefficient (Wildman–Crippen LogP) is 3.36. The van der Waals surface area contributed by atoms with Crippen molar-refractivity contribution in [3.05, 3.63) is 35.4 Å². The summed E-state index contributed by atoms with van der Waals surface area (Å²) >= 11 is 0. The summed E-state index contributed by atoms with van der Waals surface area (Å²) in [5, 5.41) is 8.41. The average Bonchev–Trinajstić information content (AvgIpc) is 2.25. The highest BCUT2D eigenvalue weighted by Gasteiger charge is 2.58. The van der Waals surface area contributed by atoms with Gasteiger partial charge in [-0.2, -0.15) is 22.0 Å². The Kier molecular flexibility index (Phi) is 3.93. The first kappa shape index (κ1) is 14.4. The Balaban J connectivity index is 2.98. The second-order valence-electron chi connectivity index (χ2n) is 3.67. The van der Waals surface area contributed by atoms with Crippen LogP contribution in [-0.2, 0) is 17.1 Å². The molecule has 100 valence electrons. The molecule has 0 aromatic heterocycles. The van der Waals surface area contributed by atoms with E-state index in [9.17, 15) is 26.7 Å². The van der Waals surface area contributed by atoms with Gasteiger partial charge < -0.3 is 5.11 Å². The molecule has 0 heterocycles. The second-order valence-corrected chi connectivity index (χ2v) is 3.67. The normalized spacial score (nSPS) is 12.5. The molecule has 0 aliphatic carbocycles. The molecule has 7 heteroatoms. The van der Waals surface area contributed by atoms with Gasteiger partial charge in [0.1, 0.15) is 0 Å². The van der Waals surface area contributed by atoms with Gasteiger partial charge in [-0.05, 0) is 18.1 Å². The summed E-state index contributed by atoms with van der Waals surface area (Å²) in [6, 6.07) is 3.69. The van der Waals surface area contributed by atoms with Crippen LogP contribution in [0.2, 0.25) is 0 Å². The van der Waals surface area contributed by atoms with Crippen LogP contribution in [0.25, 0.3) is 0 Å². The van der Waals surface area contributed by atoms with Gasteiger partial charge >= 0.3 is 18.1 Å². The van der Waals surface area contributed by atoms with Crippen molar-refractivity contribution in [3.8, 4) is 0 Å². The van der Waals surface area contributed by atoms with Crippen molar-refractivity contribution < 1.29 is 31.9 Å². The molecule has 0 unspecified atom stereocenters. The van der Waals surface area contributed by atoms with E-state index in [1.807, 2.05) is 0 Å². The lowest BCUT2D eigenvalue weighted by molar-refractivity contribution is -0.289. The van der Waals surface area contributed by atoms with Gasteiger partial charge in [0.2, 0.25) is 0 Å². The van der Waals surface area contributed by atoms with Gasteiger partial charge in [-0.1, -0.05) is 18.2 Å². The second kappa shape index (κ2) is 4.91.